The minimum absolute atomic E-state index is 1.10. The van der Waals surface area contributed by atoms with E-state index in [-0.39, 0.29) is 0 Å². The highest BCUT2D eigenvalue weighted by atomic mass is 79.9. The van der Waals surface area contributed by atoms with Crippen LogP contribution in [0.2, 0.25) is 0 Å². The lowest BCUT2D eigenvalue weighted by Gasteiger charge is -2.12. The van der Waals surface area contributed by atoms with Gasteiger partial charge in [0.05, 0.1) is 0 Å². The maximum Gasteiger partial charge on any atom is 0.0181 e. The minimum atomic E-state index is 1.10. The summed E-state index contributed by atoms with van der Waals surface area (Å²) in [5.41, 5.74) is 2.55. The zero-order valence-corrected chi connectivity index (χ0v) is 14.9. The maximum absolute atomic E-state index is 3.58. The molecule has 0 saturated carbocycles. The summed E-state index contributed by atoms with van der Waals surface area (Å²) in [4.78, 5) is 0. The van der Waals surface area contributed by atoms with Crippen molar-refractivity contribution in [2.45, 2.75) is 0 Å². The average Bonchev–Trinajstić information content (AvgIpc) is 2.53. The van der Waals surface area contributed by atoms with Gasteiger partial charge in [-0.3, -0.25) is 0 Å². The SMILES string of the molecule is Brc1ccc2c(-c3ccccc3)c3ccc(Br)cc3cc2c1. The summed E-state index contributed by atoms with van der Waals surface area (Å²) in [5, 5.41) is 5.06. The lowest BCUT2D eigenvalue weighted by molar-refractivity contribution is 1.65. The first-order chi connectivity index (χ1) is 10.7. The molecule has 0 atom stereocenters. The molecule has 0 saturated heterocycles. The summed E-state index contributed by atoms with van der Waals surface area (Å²) in [5.74, 6) is 0. The van der Waals surface area contributed by atoms with Crippen molar-refractivity contribution in [1.82, 2.24) is 0 Å². The minimum Gasteiger partial charge on any atom is -0.0622 e. The van der Waals surface area contributed by atoms with E-state index in [1.54, 1.807) is 0 Å². The molecule has 0 N–H and O–H groups in total. The van der Waals surface area contributed by atoms with Crippen molar-refractivity contribution >= 4 is 53.4 Å². The Morgan fingerprint density at radius 2 is 1.09 bits per heavy atom. The van der Waals surface area contributed by atoms with E-state index in [0.29, 0.717) is 0 Å². The highest BCUT2D eigenvalue weighted by molar-refractivity contribution is 9.10. The number of halogens is 2. The van der Waals surface area contributed by atoms with Crippen molar-refractivity contribution in [3.05, 3.63) is 81.7 Å². The molecule has 0 bridgehead atoms. The molecule has 0 aliphatic heterocycles. The smallest absolute Gasteiger partial charge is 0.0181 e. The van der Waals surface area contributed by atoms with Crippen LogP contribution in [-0.4, -0.2) is 0 Å². The fraction of sp³-hybridized carbons (Fsp3) is 0. The Kier molecular flexibility index (Phi) is 3.51. The van der Waals surface area contributed by atoms with Crippen LogP contribution in [0.5, 0.6) is 0 Å². The van der Waals surface area contributed by atoms with Crippen LogP contribution >= 0.6 is 31.9 Å². The Hall–Kier alpha value is -1.64. The molecule has 0 heterocycles. The number of hydrogen-bond donors (Lipinski definition) is 0. The molecule has 4 rings (SSSR count). The van der Waals surface area contributed by atoms with E-state index >= 15 is 0 Å². The molecule has 106 valence electrons. The zero-order chi connectivity index (χ0) is 15.1. The Labute approximate surface area is 146 Å². The van der Waals surface area contributed by atoms with E-state index < -0.39 is 0 Å². The van der Waals surface area contributed by atoms with Crippen LogP contribution in [0.25, 0.3) is 32.7 Å². The number of rotatable bonds is 1. The highest BCUT2D eigenvalue weighted by Crippen LogP contribution is 2.38. The molecule has 0 unspecified atom stereocenters. The van der Waals surface area contributed by atoms with Crippen LogP contribution in [0.15, 0.2) is 81.7 Å². The average molecular weight is 412 g/mol. The van der Waals surface area contributed by atoms with E-state index in [4.69, 9.17) is 0 Å². The molecule has 22 heavy (non-hydrogen) atoms. The molecule has 0 fully saturated rings. The quantitative estimate of drug-likeness (QED) is 0.291. The normalized spacial score (nSPS) is 11.2. The van der Waals surface area contributed by atoms with E-state index in [2.05, 4.69) is 105 Å². The van der Waals surface area contributed by atoms with Crippen LogP contribution in [0, 0.1) is 0 Å². The highest BCUT2D eigenvalue weighted by Gasteiger charge is 2.10. The van der Waals surface area contributed by atoms with Gasteiger partial charge in [-0.25, -0.2) is 0 Å². The van der Waals surface area contributed by atoms with Crippen LogP contribution in [0.3, 0.4) is 0 Å². The van der Waals surface area contributed by atoms with Crippen molar-refractivity contribution in [1.29, 1.82) is 0 Å². The molecule has 4 aromatic rings. The van der Waals surface area contributed by atoms with E-state index in [9.17, 15) is 0 Å². The van der Waals surface area contributed by atoms with Gasteiger partial charge in [0.2, 0.25) is 0 Å². The van der Waals surface area contributed by atoms with Gasteiger partial charge in [0, 0.05) is 8.95 Å². The molecule has 4 aromatic carbocycles. The van der Waals surface area contributed by atoms with Gasteiger partial charge in [-0.2, -0.15) is 0 Å². The third kappa shape index (κ3) is 2.37. The molecule has 0 aliphatic rings. The molecule has 0 spiro atoms. The first kappa shape index (κ1) is 14.0. The van der Waals surface area contributed by atoms with Crippen molar-refractivity contribution in [3.8, 4) is 11.1 Å². The van der Waals surface area contributed by atoms with Crippen LogP contribution in [-0.2, 0) is 0 Å². The van der Waals surface area contributed by atoms with Gasteiger partial charge in [-0.05, 0) is 63.0 Å². The predicted molar refractivity (Wildman–Crippen MR) is 102 cm³/mol. The number of benzene rings is 4. The van der Waals surface area contributed by atoms with Gasteiger partial charge in [0.25, 0.3) is 0 Å². The van der Waals surface area contributed by atoms with Crippen molar-refractivity contribution < 1.29 is 0 Å². The molecular formula is C20H12Br2. The molecule has 2 heteroatoms. The summed E-state index contributed by atoms with van der Waals surface area (Å²) < 4.78 is 2.21. The standard InChI is InChI=1S/C20H12Br2/c21-16-6-8-18-14(11-16)10-15-12-17(22)7-9-19(15)20(18)13-4-2-1-3-5-13/h1-12H. The number of hydrogen-bond acceptors (Lipinski definition) is 0. The molecule has 0 radical (unpaired) electrons. The van der Waals surface area contributed by atoms with E-state index in [1.165, 1.54) is 32.7 Å². The van der Waals surface area contributed by atoms with Crippen molar-refractivity contribution in [2.75, 3.05) is 0 Å². The van der Waals surface area contributed by atoms with Gasteiger partial charge in [0.1, 0.15) is 0 Å². The lowest BCUT2D eigenvalue weighted by atomic mass is 9.92. The molecule has 0 aliphatic carbocycles. The van der Waals surface area contributed by atoms with Gasteiger partial charge in [-0.15, -0.1) is 0 Å². The Balaban J connectivity index is 2.22. The second kappa shape index (κ2) is 5.53. The molecule has 0 amide bonds. The summed E-state index contributed by atoms with van der Waals surface area (Å²) >= 11 is 7.16. The second-order valence-electron chi connectivity index (χ2n) is 5.35. The summed E-state index contributed by atoms with van der Waals surface area (Å²) in [6.07, 6.45) is 0. The summed E-state index contributed by atoms with van der Waals surface area (Å²) in [6, 6.07) is 25.8. The van der Waals surface area contributed by atoms with Gasteiger partial charge in [0.15, 0.2) is 0 Å². The Morgan fingerprint density at radius 1 is 0.545 bits per heavy atom. The molecular weight excluding hydrogens is 400 g/mol. The lowest BCUT2D eigenvalue weighted by Crippen LogP contribution is -1.86. The van der Waals surface area contributed by atoms with Crippen LogP contribution in [0.4, 0.5) is 0 Å². The van der Waals surface area contributed by atoms with Crippen molar-refractivity contribution in [2.24, 2.45) is 0 Å². The van der Waals surface area contributed by atoms with Gasteiger partial charge >= 0.3 is 0 Å². The second-order valence-corrected chi connectivity index (χ2v) is 7.18. The maximum atomic E-state index is 3.58. The zero-order valence-electron chi connectivity index (χ0n) is 11.7. The summed E-state index contributed by atoms with van der Waals surface area (Å²) in [6.45, 7) is 0. The first-order valence-corrected chi connectivity index (χ1v) is 8.68. The molecule has 0 nitrogen and oxygen atoms in total. The van der Waals surface area contributed by atoms with Crippen molar-refractivity contribution in [3.63, 3.8) is 0 Å². The first-order valence-electron chi connectivity index (χ1n) is 7.09. The Bertz CT molecular complexity index is 929. The van der Waals surface area contributed by atoms with Gasteiger partial charge in [-0.1, -0.05) is 74.3 Å². The fourth-order valence-corrected chi connectivity index (χ4v) is 3.75. The molecule has 0 aromatic heterocycles. The van der Waals surface area contributed by atoms with E-state index in [0.717, 1.165) is 8.95 Å². The third-order valence-corrected chi connectivity index (χ3v) is 4.93. The van der Waals surface area contributed by atoms with Crippen LogP contribution in [0.1, 0.15) is 0 Å². The number of fused-ring (bicyclic) bond motifs is 2. The van der Waals surface area contributed by atoms with Gasteiger partial charge < -0.3 is 0 Å². The topological polar surface area (TPSA) is 0 Å². The summed E-state index contributed by atoms with van der Waals surface area (Å²) in [7, 11) is 0. The third-order valence-electron chi connectivity index (χ3n) is 3.94. The van der Waals surface area contributed by atoms with Crippen LogP contribution < -0.4 is 0 Å². The van der Waals surface area contributed by atoms with E-state index in [1.807, 2.05) is 0 Å². The monoisotopic (exact) mass is 410 g/mol. The largest absolute Gasteiger partial charge is 0.0622 e. The predicted octanol–water partition coefficient (Wildman–Crippen LogP) is 7.19. The Morgan fingerprint density at radius 3 is 1.64 bits per heavy atom. The fourth-order valence-electron chi connectivity index (χ4n) is 2.99.